The van der Waals surface area contributed by atoms with Crippen LogP contribution in [0.4, 0.5) is 0 Å². The quantitative estimate of drug-likeness (QED) is 0.875. The number of nitrogens with zero attached hydrogens (tertiary/aromatic N) is 2. The second kappa shape index (κ2) is 6.32. The molecule has 0 bridgehead atoms. The van der Waals surface area contributed by atoms with Gasteiger partial charge in [0, 0.05) is 29.7 Å². The maximum Gasteiger partial charge on any atom is 0.0683 e. The summed E-state index contributed by atoms with van der Waals surface area (Å²) in [4.78, 5) is 0. The monoisotopic (exact) mass is 283 g/mol. The number of aryl methyl sites for hydroxylation is 1. The Balaban J connectivity index is 2.14. The summed E-state index contributed by atoms with van der Waals surface area (Å²) in [6, 6.07) is 11.2. The summed E-state index contributed by atoms with van der Waals surface area (Å²) in [5.74, 6) is 0. The number of nitrogens with two attached hydrogens (primary N) is 1. The van der Waals surface area contributed by atoms with Crippen molar-refractivity contribution >= 4 is 10.9 Å². The average molecular weight is 283 g/mol. The molecule has 0 radical (unpaired) electrons. The third kappa shape index (κ3) is 3.86. The SMILES string of the molecule is CC(N)Cc1cccc2c1ccn2CCCC(C)(C)C#N. The van der Waals surface area contributed by atoms with E-state index in [1.54, 1.807) is 0 Å². The molecule has 1 aromatic heterocycles. The number of hydrogen-bond donors (Lipinski definition) is 1. The van der Waals surface area contributed by atoms with E-state index in [9.17, 15) is 0 Å². The number of rotatable bonds is 6. The summed E-state index contributed by atoms with van der Waals surface area (Å²) < 4.78 is 2.29. The molecule has 1 aromatic carbocycles. The van der Waals surface area contributed by atoms with Crippen molar-refractivity contribution in [1.29, 1.82) is 5.26 Å². The van der Waals surface area contributed by atoms with Crippen molar-refractivity contribution in [3.8, 4) is 6.07 Å². The van der Waals surface area contributed by atoms with Crippen molar-refractivity contribution in [3.63, 3.8) is 0 Å². The van der Waals surface area contributed by atoms with Crippen molar-refractivity contribution in [2.24, 2.45) is 11.1 Å². The lowest BCUT2D eigenvalue weighted by Gasteiger charge is -2.15. The summed E-state index contributed by atoms with van der Waals surface area (Å²) in [6.07, 6.45) is 4.99. The molecule has 1 unspecified atom stereocenters. The van der Waals surface area contributed by atoms with Gasteiger partial charge in [-0.3, -0.25) is 0 Å². The molecule has 3 heteroatoms. The second-order valence-corrected chi connectivity index (χ2v) is 6.64. The number of aromatic nitrogens is 1. The van der Waals surface area contributed by atoms with E-state index in [4.69, 9.17) is 11.0 Å². The summed E-state index contributed by atoms with van der Waals surface area (Å²) in [6.45, 7) is 7.00. The number of nitriles is 1. The standard InChI is InChI=1S/C18H25N3/c1-14(20)12-15-6-4-7-17-16(15)8-11-21(17)10-5-9-18(2,3)13-19/h4,6-8,11,14H,5,9-10,12,20H2,1-3H3. The van der Waals surface area contributed by atoms with Crippen LogP contribution in [0.1, 0.15) is 39.2 Å². The Bertz CT molecular complexity index is 644. The van der Waals surface area contributed by atoms with Gasteiger partial charge in [-0.1, -0.05) is 12.1 Å². The summed E-state index contributed by atoms with van der Waals surface area (Å²) >= 11 is 0. The molecule has 2 rings (SSSR count). The molecule has 0 spiro atoms. The van der Waals surface area contributed by atoms with Crippen molar-refractivity contribution in [3.05, 3.63) is 36.0 Å². The minimum absolute atomic E-state index is 0.176. The van der Waals surface area contributed by atoms with Gasteiger partial charge in [-0.2, -0.15) is 5.26 Å². The second-order valence-electron chi connectivity index (χ2n) is 6.64. The van der Waals surface area contributed by atoms with Gasteiger partial charge in [0.05, 0.1) is 11.5 Å². The van der Waals surface area contributed by atoms with E-state index in [-0.39, 0.29) is 11.5 Å². The summed E-state index contributed by atoms with van der Waals surface area (Å²) in [5, 5.41) is 10.4. The molecule has 1 heterocycles. The lowest BCUT2D eigenvalue weighted by Crippen LogP contribution is -2.17. The highest BCUT2D eigenvalue weighted by Gasteiger charge is 2.16. The van der Waals surface area contributed by atoms with Crippen LogP contribution in [0.3, 0.4) is 0 Å². The van der Waals surface area contributed by atoms with Crippen molar-refractivity contribution in [1.82, 2.24) is 4.57 Å². The van der Waals surface area contributed by atoms with E-state index in [0.29, 0.717) is 0 Å². The zero-order valence-electron chi connectivity index (χ0n) is 13.3. The molecule has 0 saturated heterocycles. The van der Waals surface area contributed by atoms with Gasteiger partial charge in [0.1, 0.15) is 0 Å². The topological polar surface area (TPSA) is 54.7 Å². The largest absolute Gasteiger partial charge is 0.347 e. The molecular formula is C18H25N3. The van der Waals surface area contributed by atoms with Crippen LogP contribution in [-0.2, 0) is 13.0 Å². The molecule has 112 valence electrons. The molecule has 0 amide bonds. The van der Waals surface area contributed by atoms with Crippen LogP contribution >= 0.6 is 0 Å². The van der Waals surface area contributed by atoms with Crippen LogP contribution in [-0.4, -0.2) is 10.6 Å². The van der Waals surface area contributed by atoms with E-state index in [2.05, 4.69) is 41.1 Å². The normalized spacial score (nSPS) is 13.3. The molecule has 0 aliphatic heterocycles. The van der Waals surface area contributed by atoms with Crippen LogP contribution < -0.4 is 5.73 Å². The molecule has 21 heavy (non-hydrogen) atoms. The highest BCUT2D eigenvalue weighted by molar-refractivity contribution is 5.83. The molecule has 0 saturated carbocycles. The number of benzene rings is 1. The Morgan fingerprint density at radius 2 is 2.10 bits per heavy atom. The third-order valence-electron chi connectivity index (χ3n) is 3.95. The van der Waals surface area contributed by atoms with E-state index in [1.807, 2.05) is 20.8 Å². The predicted molar refractivity (Wildman–Crippen MR) is 87.9 cm³/mol. The van der Waals surface area contributed by atoms with Crippen molar-refractivity contribution < 1.29 is 0 Å². The fraction of sp³-hybridized carbons (Fsp3) is 0.500. The first kappa shape index (κ1) is 15.6. The maximum atomic E-state index is 9.07. The van der Waals surface area contributed by atoms with Crippen molar-refractivity contribution in [2.75, 3.05) is 0 Å². The molecule has 0 aliphatic rings. The molecule has 1 atom stereocenters. The Morgan fingerprint density at radius 3 is 2.76 bits per heavy atom. The van der Waals surface area contributed by atoms with Gasteiger partial charge in [-0.05, 0) is 57.7 Å². The Kier molecular flexibility index (Phi) is 4.69. The van der Waals surface area contributed by atoms with Gasteiger partial charge in [0.25, 0.3) is 0 Å². The molecule has 0 fully saturated rings. The first-order valence-corrected chi connectivity index (χ1v) is 7.66. The molecule has 2 aromatic rings. The zero-order valence-corrected chi connectivity index (χ0v) is 13.3. The van der Waals surface area contributed by atoms with E-state index in [1.165, 1.54) is 16.5 Å². The third-order valence-corrected chi connectivity index (χ3v) is 3.95. The van der Waals surface area contributed by atoms with Crippen LogP contribution in [0, 0.1) is 16.7 Å². The van der Waals surface area contributed by atoms with Crippen molar-refractivity contribution in [2.45, 2.75) is 52.6 Å². The number of fused-ring (bicyclic) bond motifs is 1. The smallest absolute Gasteiger partial charge is 0.0683 e. The Hall–Kier alpha value is -1.79. The molecular weight excluding hydrogens is 258 g/mol. The first-order chi connectivity index (χ1) is 9.93. The van der Waals surface area contributed by atoms with E-state index >= 15 is 0 Å². The van der Waals surface area contributed by atoms with Gasteiger partial charge < -0.3 is 10.3 Å². The van der Waals surface area contributed by atoms with Crippen LogP contribution in [0.2, 0.25) is 0 Å². The maximum absolute atomic E-state index is 9.07. The predicted octanol–water partition coefficient (Wildman–Crippen LogP) is 3.86. The highest BCUT2D eigenvalue weighted by atomic mass is 14.9. The minimum Gasteiger partial charge on any atom is -0.347 e. The fourth-order valence-electron chi connectivity index (χ4n) is 2.75. The zero-order chi connectivity index (χ0) is 15.5. The minimum atomic E-state index is -0.233. The summed E-state index contributed by atoms with van der Waals surface area (Å²) in [7, 11) is 0. The highest BCUT2D eigenvalue weighted by Crippen LogP contribution is 2.24. The Labute approximate surface area is 127 Å². The van der Waals surface area contributed by atoms with E-state index in [0.717, 1.165) is 25.8 Å². The van der Waals surface area contributed by atoms with Gasteiger partial charge in [-0.15, -0.1) is 0 Å². The van der Waals surface area contributed by atoms with Crippen LogP contribution in [0.15, 0.2) is 30.5 Å². The molecule has 0 aliphatic carbocycles. The van der Waals surface area contributed by atoms with Crippen LogP contribution in [0.25, 0.3) is 10.9 Å². The average Bonchev–Trinajstić information content (AvgIpc) is 2.83. The van der Waals surface area contributed by atoms with Gasteiger partial charge in [0.15, 0.2) is 0 Å². The fourth-order valence-corrected chi connectivity index (χ4v) is 2.75. The Morgan fingerprint density at radius 1 is 1.33 bits per heavy atom. The number of hydrogen-bond acceptors (Lipinski definition) is 2. The van der Waals surface area contributed by atoms with Gasteiger partial charge in [0.2, 0.25) is 0 Å². The van der Waals surface area contributed by atoms with E-state index < -0.39 is 0 Å². The first-order valence-electron chi connectivity index (χ1n) is 7.66. The molecule has 2 N–H and O–H groups in total. The molecule has 3 nitrogen and oxygen atoms in total. The van der Waals surface area contributed by atoms with Gasteiger partial charge >= 0.3 is 0 Å². The lowest BCUT2D eigenvalue weighted by atomic mass is 9.90. The lowest BCUT2D eigenvalue weighted by molar-refractivity contribution is 0.418. The summed E-state index contributed by atoms with van der Waals surface area (Å²) in [5.41, 5.74) is 8.28. The van der Waals surface area contributed by atoms with Gasteiger partial charge in [-0.25, -0.2) is 0 Å². The van der Waals surface area contributed by atoms with Crippen LogP contribution in [0.5, 0.6) is 0 Å².